The highest BCUT2D eigenvalue weighted by Crippen LogP contribution is 2.17. The summed E-state index contributed by atoms with van der Waals surface area (Å²) in [5.41, 5.74) is 5.90. The number of hydrogen-bond acceptors (Lipinski definition) is 6. The summed E-state index contributed by atoms with van der Waals surface area (Å²) in [5.74, 6) is 0. The number of nitrogen functional groups attached to an aromatic ring is 1. The van der Waals surface area contributed by atoms with Crippen molar-refractivity contribution in [3.8, 4) is 6.07 Å². The first-order chi connectivity index (χ1) is 10.0. The van der Waals surface area contributed by atoms with E-state index in [1.807, 2.05) is 6.07 Å². The highest BCUT2D eigenvalue weighted by Gasteiger charge is 2.18. The molecule has 0 saturated heterocycles. The number of hydrogen-bond donors (Lipinski definition) is 2. The lowest BCUT2D eigenvalue weighted by Gasteiger charge is -2.09. The second-order valence-corrected chi connectivity index (χ2v) is 5.96. The van der Waals surface area contributed by atoms with Crippen LogP contribution in [0.4, 0.5) is 5.69 Å². The molecule has 1 rings (SSSR count). The van der Waals surface area contributed by atoms with Crippen LogP contribution in [0.15, 0.2) is 23.1 Å². The summed E-state index contributed by atoms with van der Waals surface area (Å²) < 4.78 is 36.7. The van der Waals surface area contributed by atoms with Crippen molar-refractivity contribution in [3.05, 3.63) is 23.8 Å². The van der Waals surface area contributed by atoms with Crippen LogP contribution in [0.25, 0.3) is 0 Å². The van der Waals surface area contributed by atoms with Gasteiger partial charge in [-0.15, -0.1) is 0 Å². The van der Waals surface area contributed by atoms with E-state index in [1.165, 1.54) is 18.2 Å². The molecule has 1 aromatic carbocycles. The maximum absolute atomic E-state index is 12.1. The molecule has 0 spiro atoms. The maximum Gasteiger partial charge on any atom is 0.241 e. The van der Waals surface area contributed by atoms with Crippen LogP contribution in [-0.4, -0.2) is 41.9 Å². The zero-order chi connectivity index (χ0) is 15.7. The van der Waals surface area contributed by atoms with E-state index in [0.29, 0.717) is 31.9 Å². The van der Waals surface area contributed by atoms with Crippen molar-refractivity contribution in [3.63, 3.8) is 0 Å². The van der Waals surface area contributed by atoms with Crippen LogP contribution < -0.4 is 10.5 Å². The summed E-state index contributed by atoms with van der Waals surface area (Å²) in [6, 6.07) is 5.94. The number of rotatable bonds is 9. The number of anilines is 1. The fourth-order valence-electron chi connectivity index (χ4n) is 1.57. The highest BCUT2D eigenvalue weighted by atomic mass is 32.2. The first-order valence-corrected chi connectivity index (χ1v) is 7.85. The van der Waals surface area contributed by atoms with Gasteiger partial charge in [-0.25, -0.2) is 13.1 Å². The van der Waals surface area contributed by atoms with E-state index in [9.17, 15) is 8.42 Å². The quantitative estimate of drug-likeness (QED) is 0.506. The summed E-state index contributed by atoms with van der Waals surface area (Å²) in [4.78, 5) is -0.0699. The van der Waals surface area contributed by atoms with Crippen LogP contribution in [0.2, 0.25) is 0 Å². The molecule has 116 valence electrons. The Bertz CT molecular complexity index is 596. The first-order valence-electron chi connectivity index (χ1n) is 6.37. The van der Waals surface area contributed by atoms with Crippen LogP contribution in [0, 0.1) is 11.3 Å². The number of nitrogens with zero attached hydrogens (tertiary/aromatic N) is 1. The van der Waals surface area contributed by atoms with E-state index in [2.05, 4.69) is 4.72 Å². The normalized spacial score (nSPS) is 11.2. The Balaban J connectivity index is 2.53. The van der Waals surface area contributed by atoms with Gasteiger partial charge in [-0.1, -0.05) is 0 Å². The van der Waals surface area contributed by atoms with Gasteiger partial charge in [0.2, 0.25) is 10.0 Å². The molecule has 0 amide bonds. The van der Waals surface area contributed by atoms with Gasteiger partial charge in [0.1, 0.15) is 6.07 Å². The van der Waals surface area contributed by atoms with Crippen molar-refractivity contribution < 1.29 is 17.9 Å². The van der Waals surface area contributed by atoms with Crippen LogP contribution in [0.5, 0.6) is 0 Å². The molecule has 0 aliphatic heterocycles. The average molecular weight is 313 g/mol. The standard InChI is InChI=1S/C13H19N3O4S/c1-19-7-8-20-6-2-5-16-21(17,18)13-4-3-12(15)9-11(13)10-14/h3-4,9,16H,2,5-8,15H2,1H3. The molecule has 1 aromatic rings. The number of nitrogens with one attached hydrogen (secondary N) is 1. The van der Waals surface area contributed by atoms with Crippen LogP contribution in [0.1, 0.15) is 12.0 Å². The molecule has 21 heavy (non-hydrogen) atoms. The molecule has 3 N–H and O–H groups in total. The lowest BCUT2D eigenvalue weighted by atomic mass is 10.2. The van der Waals surface area contributed by atoms with Crippen molar-refractivity contribution in [2.24, 2.45) is 0 Å². The van der Waals surface area contributed by atoms with Crippen molar-refractivity contribution in [1.29, 1.82) is 5.26 Å². The molecule has 7 nitrogen and oxygen atoms in total. The van der Waals surface area contributed by atoms with Crippen LogP contribution in [0.3, 0.4) is 0 Å². The van der Waals surface area contributed by atoms with Crippen molar-refractivity contribution in [1.82, 2.24) is 4.72 Å². The number of sulfonamides is 1. The summed E-state index contributed by atoms with van der Waals surface area (Å²) in [6.45, 7) is 1.63. The molecule has 0 fully saturated rings. The largest absolute Gasteiger partial charge is 0.399 e. The Kier molecular flexibility index (Phi) is 7.11. The zero-order valence-electron chi connectivity index (χ0n) is 11.8. The topological polar surface area (TPSA) is 114 Å². The maximum atomic E-state index is 12.1. The van der Waals surface area contributed by atoms with E-state index < -0.39 is 10.0 Å². The lowest BCUT2D eigenvalue weighted by Crippen LogP contribution is -2.26. The summed E-state index contributed by atoms with van der Waals surface area (Å²) in [5, 5.41) is 8.97. The minimum Gasteiger partial charge on any atom is -0.399 e. The molecule has 0 heterocycles. The molecule has 0 saturated carbocycles. The molecular weight excluding hydrogens is 294 g/mol. The predicted molar refractivity (Wildman–Crippen MR) is 78.1 cm³/mol. The second-order valence-electron chi connectivity index (χ2n) is 4.22. The summed E-state index contributed by atoms with van der Waals surface area (Å²) in [6.07, 6.45) is 0.528. The summed E-state index contributed by atoms with van der Waals surface area (Å²) in [7, 11) is -2.15. The van der Waals surface area contributed by atoms with E-state index in [1.54, 1.807) is 7.11 Å². The van der Waals surface area contributed by atoms with Gasteiger partial charge in [-0.2, -0.15) is 5.26 Å². The van der Waals surface area contributed by atoms with Gasteiger partial charge in [0.15, 0.2) is 0 Å². The Morgan fingerprint density at radius 3 is 2.76 bits per heavy atom. The van der Waals surface area contributed by atoms with Gasteiger partial charge in [-0.3, -0.25) is 0 Å². The highest BCUT2D eigenvalue weighted by molar-refractivity contribution is 7.89. The van der Waals surface area contributed by atoms with E-state index >= 15 is 0 Å². The second kappa shape index (κ2) is 8.59. The minimum atomic E-state index is -3.73. The summed E-state index contributed by atoms with van der Waals surface area (Å²) >= 11 is 0. The lowest BCUT2D eigenvalue weighted by molar-refractivity contribution is 0.0699. The fraction of sp³-hybridized carbons (Fsp3) is 0.462. The molecule has 0 atom stereocenters. The Labute approximate surface area is 124 Å². The fourth-order valence-corrected chi connectivity index (χ4v) is 2.78. The van der Waals surface area contributed by atoms with Gasteiger partial charge in [0.25, 0.3) is 0 Å². The molecule has 0 aromatic heterocycles. The van der Waals surface area contributed by atoms with Crippen molar-refractivity contribution >= 4 is 15.7 Å². The smallest absolute Gasteiger partial charge is 0.241 e. The zero-order valence-corrected chi connectivity index (χ0v) is 12.6. The van der Waals surface area contributed by atoms with Crippen LogP contribution >= 0.6 is 0 Å². The molecule has 0 radical (unpaired) electrons. The van der Waals surface area contributed by atoms with E-state index in [0.717, 1.165) is 0 Å². The third kappa shape index (κ3) is 5.69. The first kappa shape index (κ1) is 17.4. The van der Waals surface area contributed by atoms with Gasteiger partial charge < -0.3 is 15.2 Å². The number of nitrogens with two attached hydrogens (primary N) is 1. The van der Waals surface area contributed by atoms with Crippen LogP contribution in [-0.2, 0) is 19.5 Å². The minimum absolute atomic E-state index is 0.0267. The number of nitriles is 1. The molecular formula is C13H19N3O4S. The molecule has 0 bridgehead atoms. The average Bonchev–Trinajstić information content (AvgIpc) is 2.45. The predicted octanol–water partition coefficient (Wildman–Crippen LogP) is 0.472. The Morgan fingerprint density at radius 2 is 2.10 bits per heavy atom. The van der Waals surface area contributed by atoms with E-state index in [-0.39, 0.29) is 17.0 Å². The molecule has 0 unspecified atom stereocenters. The van der Waals surface area contributed by atoms with Gasteiger partial charge >= 0.3 is 0 Å². The molecule has 8 heteroatoms. The monoisotopic (exact) mass is 313 g/mol. The van der Waals surface area contributed by atoms with Gasteiger partial charge in [-0.05, 0) is 24.6 Å². The van der Waals surface area contributed by atoms with Crippen molar-refractivity contribution in [2.45, 2.75) is 11.3 Å². The number of benzene rings is 1. The van der Waals surface area contributed by atoms with Crippen molar-refractivity contribution in [2.75, 3.05) is 39.2 Å². The third-order valence-corrected chi connectivity index (χ3v) is 4.12. The molecule has 0 aliphatic carbocycles. The third-order valence-electron chi connectivity index (χ3n) is 2.60. The van der Waals surface area contributed by atoms with E-state index in [4.69, 9.17) is 20.5 Å². The number of methoxy groups -OCH3 is 1. The van der Waals surface area contributed by atoms with Gasteiger partial charge in [0.05, 0.1) is 23.7 Å². The Hall–Kier alpha value is -1.66. The Morgan fingerprint density at radius 1 is 1.33 bits per heavy atom. The molecule has 0 aliphatic rings. The number of ether oxygens (including phenoxy) is 2. The van der Waals surface area contributed by atoms with Gasteiger partial charge in [0, 0.05) is 25.9 Å². The SMILES string of the molecule is COCCOCCCNS(=O)(=O)c1ccc(N)cc1C#N.